The maximum Gasteiger partial charge on any atom is 0.254 e. The van der Waals surface area contributed by atoms with Gasteiger partial charge in [-0.05, 0) is 80.0 Å². The highest BCUT2D eigenvalue weighted by Gasteiger charge is 2.47. The standard InChI is InChI=1S/C34H35N7O3/c1-39-30-25(13-23(15-28(30)44-2)34(43)41-17-22-9-11-26(41)29(22)35)38-33(39)27-14-21-8-10-24(19-4-3-5-20(12-19)31(36)42)37-32(21)40(27)16-18-6-7-18/h3-5,8,10,12-15,18,22,26,29H,6-7,9,11,16-17,35H2,1-2H3,(H2,36,42)/t22?,26?,29-/m1/s1. The minimum absolute atomic E-state index is 0.0139. The van der Waals surface area contributed by atoms with Crippen molar-refractivity contribution >= 4 is 33.9 Å². The van der Waals surface area contributed by atoms with Crippen LogP contribution in [0.25, 0.3) is 44.8 Å². The van der Waals surface area contributed by atoms with Gasteiger partial charge in [-0.15, -0.1) is 0 Å². The second-order valence-corrected chi connectivity index (χ2v) is 12.6. The van der Waals surface area contributed by atoms with Crippen LogP contribution in [0.2, 0.25) is 0 Å². The van der Waals surface area contributed by atoms with E-state index in [2.05, 4.69) is 16.7 Å². The average Bonchev–Trinajstić information content (AvgIpc) is 3.44. The smallest absolute Gasteiger partial charge is 0.254 e. The number of likely N-dealkylation sites (tertiary alicyclic amines) is 1. The summed E-state index contributed by atoms with van der Waals surface area (Å²) < 4.78 is 10.1. The Morgan fingerprint density at radius 2 is 1.84 bits per heavy atom. The molecule has 2 aliphatic carbocycles. The first-order valence-corrected chi connectivity index (χ1v) is 15.3. The molecule has 1 aliphatic heterocycles. The van der Waals surface area contributed by atoms with E-state index in [1.165, 1.54) is 12.8 Å². The van der Waals surface area contributed by atoms with Crippen molar-refractivity contribution in [1.82, 2.24) is 24.0 Å². The lowest BCUT2D eigenvalue weighted by molar-refractivity contribution is 0.0700. The van der Waals surface area contributed by atoms with Crippen molar-refractivity contribution < 1.29 is 14.3 Å². The lowest BCUT2D eigenvalue weighted by atomic mass is 10.1. The van der Waals surface area contributed by atoms with Gasteiger partial charge in [-0.3, -0.25) is 9.59 Å². The molecule has 2 aromatic carbocycles. The molecule has 0 radical (unpaired) electrons. The van der Waals surface area contributed by atoms with Crippen LogP contribution in [-0.2, 0) is 13.6 Å². The van der Waals surface area contributed by atoms with E-state index in [1.807, 2.05) is 46.8 Å². The molecule has 2 unspecified atom stereocenters. The zero-order valence-corrected chi connectivity index (χ0v) is 24.9. The molecule has 0 spiro atoms. The number of nitrogens with zero attached hydrogens (tertiary/aromatic N) is 5. The van der Waals surface area contributed by atoms with Crippen molar-refractivity contribution in [3.63, 3.8) is 0 Å². The molecule has 5 aromatic rings. The van der Waals surface area contributed by atoms with E-state index in [-0.39, 0.29) is 18.0 Å². The van der Waals surface area contributed by atoms with Crippen LogP contribution in [0, 0.1) is 11.8 Å². The number of aromatic nitrogens is 4. The van der Waals surface area contributed by atoms with E-state index in [4.69, 9.17) is 26.2 Å². The number of carbonyl (C=O) groups excluding carboxylic acids is 2. The van der Waals surface area contributed by atoms with Gasteiger partial charge in [-0.25, -0.2) is 9.97 Å². The lowest BCUT2D eigenvalue weighted by Crippen LogP contribution is -2.41. The topological polar surface area (TPSA) is 134 Å². The molecular weight excluding hydrogens is 554 g/mol. The van der Waals surface area contributed by atoms with Gasteiger partial charge in [0.25, 0.3) is 5.91 Å². The first-order chi connectivity index (χ1) is 21.3. The number of benzene rings is 2. The number of primary amides is 1. The molecule has 10 nitrogen and oxygen atoms in total. The fourth-order valence-corrected chi connectivity index (χ4v) is 7.32. The Balaban J connectivity index is 1.24. The second kappa shape index (κ2) is 9.92. The Bertz CT molecular complexity index is 1990. The SMILES string of the molecule is COc1cc(C(=O)N2CC3CCC2[C@@H]3N)cc2nc(-c3cc4ccc(-c5cccc(C(N)=O)c5)nc4n3CC3CC3)n(C)c12. The number of pyridine rings is 1. The number of piperidine rings is 1. The predicted molar refractivity (Wildman–Crippen MR) is 168 cm³/mol. The number of carbonyl (C=O) groups is 2. The molecule has 4 N–H and O–H groups in total. The number of rotatable bonds is 7. The molecule has 1 saturated heterocycles. The number of fused-ring (bicyclic) bond motifs is 4. The molecule has 3 atom stereocenters. The molecule has 3 aliphatic rings. The molecule has 3 fully saturated rings. The molecule has 2 amide bonds. The summed E-state index contributed by atoms with van der Waals surface area (Å²) in [7, 11) is 3.62. The van der Waals surface area contributed by atoms with Crippen LogP contribution in [0.15, 0.2) is 54.6 Å². The van der Waals surface area contributed by atoms with Crippen molar-refractivity contribution in [3.05, 3.63) is 65.7 Å². The van der Waals surface area contributed by atoms with E-state index >= 15 is 0 Å². The Morgan fingerprint density at radius 3 is 2.55 bits per heavy atom. The van der Waals surface area contributed by atoms with Crippen molar-refractivity contribution in [2.45, 2.75) is 44.3 Å². The number of ether oxygens (including phenoxy) is 1. The summed E-state index contributed by atoms with van der Waals surface area (Å²) in [4.78, 5) is 37.7. The molecule has 8 rings (SSSR count). The van der Waals surface area contributed by atoms with Gasteiger partial charge in [0.2, 0.25) is 5.91 Å². The quantitative estimate of drug-likeness (QED) is 0.290. The van der Waals surface area contributed by atoms with E-state index in [0.717, 1.165) is 58.7 Å². The monoisotopic (exact) mass is 589 g/mol. The number of aryl methyl sites for hydroxylation is 1. The summed E-state index contributed by atoms with van der Waals surface area (Å²) in [6, 6.07) is 17.3. The van der Waals surface area contributed by atoms with Gasteiger partial charge in [0.05, 0.1) is 24.0 Å². The average molecular weight is 590 g/mol. The number of hydrogen-bond donors (Lipinski definition) is 2. The molecule has 224 valence electrons. The van der Waals surface area contributed by atoms with E-state index in [0.29, 0.717) is 40.8 Å². The van der Waals surface area contributed by atoms with Gasteiger partial charge in [-0.1, -0.05) is 12.1 Å². The van der Waals surface area contributed by atoms with Gasteiger partial charge in [0.1, 0.15) is 16.9 Å². The van der Waals surface area contributed by atoms with Crippen LogP contribution in [0.3, 0.4) is 0 Å². The highest BCUT2D eigenvalue weighted by atomic mass is 16.5. The Morgan fingerprint density at radius 1 is 1.00 bits per heavy atom. The van der Waals surface area contributed by atoms with E-state index in [1.54, 1.807) is 19.2 Å². The molecular formula is C34H35N7O3. The van der Waals surface area contributed by atoms with Crippen LogP contribution in [-0.4, -0.2) is 61.6 Å². The fourth-order valence-electron chi connectivity index (χ4n) is 7.32. The van der Waals surface area contributed by atoms with Gasteiger partial charge in [0.15, 0.2) is 5.82 Å². The summed E-state index contributed by atoms with van der Waals surface area (Å²) in [5.41, 5.74) is 17.9. The number of hydrogen-bond acceptors (Lipinski definition) is 6. The number of amides is 2. The zero-order chi connectivity index (χ0) is 30.3. The normalized spacial score (nSPS) is 21.1. The first-order valence-electron chi connectivity index (χ1n) is 15.3. The third-order valence-electron chi connectivity index (χ3n) is 9.87. The summed E-state index contributed by atoms with van der Waals surface area (Å²) >= 11 is 0. The Labute approximate surface area is 254 Å². The molecule has 10 heteroatoms. The maximum atomic E-state index is 13.7. The zero-order valence-electron chi connectivity index (χ0n) is 24.9. The highest BCUT2D eigenvalue weighted by molar-refractivity contribution is 6.00. The number of nitrogens with two attached hydrogens (primary N) is 2. The number of methoxy groups -OCH3 is 1. The van der Waals surface area contributed by atoms with Gasteiger partial charge >= 0.3 is 0 Å². The lowest BCUT2D eigenvalue weighted by Gasteiger charge is -2.27. The Kier molecular flexibility index (Phi) is 6.06. The van der Waals surface area contributed by atoms with Crippen LogP contribution in [0.4, 0.5) is 0 Å². The minimum Gasteiger partial charge on any atom is -0.494 e. The van der Waals surface area contributed by atoms with Gasteiger partial charge in [-0.2, -0.15) is 0 Å². The summed E-state index contributed by atoms with van der Waals surface area (Å²) in [6.45, 7) is 1.54. The predicted octanol–water partition coefficient (Wildman–Crippen LogP) is 4.34. The second-order valence-electron chi connectivity index (χ2n) is 12.6. The summed E-state index contributed by atoms with van der Waals surface area (Å²) in [6.07, 6.45) is 4.42. The van der Waals surface area contributed by atoms with Crippen LogP contribution < -0.4 is 16.2 Å². The molecule has 3 aromatic heterocycles. The van der Waals surface area contributed by atoms with Crippen molar-refractivity contribution in [1.29, 1.82) is 0 Å². The molecule has 2 bridgehead atoms. The molecule has 44 heavy (non-hydrogen) atoms. The van der Waals surface area contributed by atoms with Crippen molar-refractivity contribution in [3.8, 4) is 28.5 Å². The summed E-state index contributed by atoms with van der Waals surface area (Å²) in [5, 5.41) is 1.01. The van der Waals surface area contributed by atoms with Crippen LogP contribution >= 0.6 is 0 Å². The van der Waals surface area contributed by atoms with E-state index < -0.39 is 5.91 Å². The van der Waals surface area contributed by atoms with Crippen LogP contribution in [0.1, 0.15) is 46.4 Å². The van der Waals surface area contributed by atoms with Crippen molar-refractivity contribution in [2.75, 3.05) is 13.7 Å². The van der Waals surface area contributed by atoms with Gasteiger partial charge < -0.3 is 30.2 Å². The highest BCUT2D eigenvalue weighted by Crippen LogP contribution is 2.40. The summed E-state index contributed by atoms with van der Waals surface area (Å²) in [5.74, 6) is 1.88. The number of imidazole rings is 1. The maximum absolute atomic E-state index is 13.7. The molecule has 4 heterocycles. The minimum atomic E-state index is -0.467. The third kappa shape index (κ3) is 4.19. The Hall–Kier alpha value is -4.70. The van der Waals surface area contributed by atoms with Crippen LogP contribution in [0.5, 0.6) is 5.75 Å². The van der Waals surface area contributed by atoms with Gasteiger partial charge in [0, 0.05) is 54.3 Å². The largest absolute Gasteiger partial charge is 0.494 e. The fraction of sp³-hybridized carbons (Fsp3) is 0.353. The third-order valence-corrected chi connectivity index (χ3v) is 9.87. The first kappa shape index (κ1) is 26.9. The molecule has 2 saturated carbocycles. The van der Waals surface area contributed by atoms with E-state index in [9.17, 15) is 9.59 Å². The van der Waals surface area contributed by atoms with Crippen molar-refractivity contribution in [2.24, 2.45) is 30.4 Å².